The Bertz CT molecular complexity index is 561. The molecular formula is C17H24O5. The molecule has 0 aliphatic carbocycles. The lowest BCUT2D eigenvalue weighted by molar-refractivity contribution is 0.00607. The second-order valence-corrected chi connectivity index (χ2v) is 7.02. The van der Waals surface area contributed by atoms with Gasteiger partial charge in [0.2, 0.25) is 0 Å². The normalized spacial score (nSPS) is 11.8. The fourth-order valence-electron chi connectivity index (χ4n) is 1.64. The van der Waals surface area contributed by atoms with Crippen molar-refractivity contribution in [2.45, 2.75) is 59.7 Å². The molecule has 1 aromatic rings. The van der Waals surface area contributed by atoms with Crippen molar-refractivity contribution in [1.29, 1.82) is 0 Å². The third kappa shape index (κ3) is 5.76. The van der Waals surface area contributed by atoms with Gasteiger partial charge in [-0.25, -0.2) is 9.59 Å². The SMILES string of the molecule is Cc1cccc(C(=O)OC(C)(C)C)c1OC(=O)OC(C)(C)C. The zero-order valence-corrected chi connectivity index (χ0v) is 14.3. The van der Waals surface area contributed by atoms with Crippen molar-refractivity contribution in [3.8, 4) is 5.75 Å². The van der Waals surface area contributed by atoms with Gasteiger partial charge in [-0.05, 0) is 60.1 Å². The molecule has 0 bridgehead atoms. The first-order valence-electron chi connectivity index (χ1n) is 7.13. The molecule has 5 nitrogen and oxygen atoms in total. The number of ether oxygens (including phenoxy) is 3. The Hall–Kier alpha value is -2.04. The maximum Gasteiger partial charge on any atom is 0.514 e. The smallest absolute Gasteiger partial charge is 0.456 e. The summed E-state index contributed by atoms with van der Waals surface area (Å²) in [7, 11) is 0. The van der Waals surface area contributed by atoms with Crippen LogP contribution in [0.15, 0.2) is 18.2 Å². The van der Waals surface area contributed by atoms with Crippen molar-refractivity contribution in [1.82, 2.24) is 0 Å². The van der Waals surface area contributed by atoms with Gasteiger partial charge < -0.3 is 14.2 Å². The van der Waals surface area contributed by atoms with E-state index in [2.05, 4.69) is 0 Å². The minimum atomic E-state index is -0.855. The average Bonchev–Trinajstić information content (AvgIpc) is 2.26. The molecule has 0 N–H and O–H groups in total. The molecular weight excluding hydrogens is 284 g/mol. The van der Waals surface area contributed by atoms with Crippen molar-refractivity contribution >= 4 is 12.1 Å². The molecule has 1 rings (SSSR count). The van der Waals surface area contributed by atoms with Crippen LogP contribution in [0.1, 0.15) is 57.5 Å². The Morgan fingerprint density at radius 3 is 1.95 bits per heavy atom. The van der Waals surface area contributed by atoms with Gasteiger partial charge in [0.15, 0.2) is 5.75 Å². The summed E-state index contributed by atoms with van der Waals surface area (Å²) in [6.07, 6.45) is -0.855. The molecule has 0 radical (unpaired) electrons. The van der Waals surface area contributed by atoms with Crippen molar-refractivity contribution in [2.24, 2.45) is 0 Å². The average molecular weight is 308 g/mol. The van der Waals surface area contributed by atoms with Crippen LogP contribution >= 0.6 is 0 Å². The molecule has 0 aliphatic rings. The van der Waals surface area contributed by atoms with Crippen LogP contribution in [-0.4, -0.2) is 23.3 Å². The van der Waals surface area contributed by atoms with E-state index in [9.17, 15) is 9.59 Å². The van der Waals surface area contributed by atoms with E-state index in [0.717, 1.165) is 0 Å². The molecule has 0 amide bonds. The van der Waals surface area contributed by atoms with Gasteiger partial charge in [0.25, 0.3) is 0 Å². The fraction of sp³-hybridized carbons (Fsp3) is 0.529. The van der Waals surface area contributed by atoms with Crippen LogP contribution in [0.2, 0.25) is 0 Å². The van der Waals surface area contributed by atoms with Crippen LogP contribution in [0, 0.1) is 6.92 Å². The van der Waals surface area contributed by atoms with Crippen LogP contribution in [0.3, 0.4) is 0 Å². The van der Waals surface area contributed by atoms with Gasteiger partial charge in [-0.3, -0.25) is 0 Å². The van der Waals surface area contributed by atoms with Crippen molar-refractivity contribution in [3.05, 3.63) is 29.3 Å². The predicted molar refractivity (Wildman–Crippen MR) is 83.2 cm³/mol. The Kier molecular flexibility index (Phi) is 5.22. The van der Waals surface area contributed by atoms with E-state index in [1.807, 2.05) is 0 Å². The number of rotatable bonds is 2. The molecule has 0 spiro atoms. The molecule has 0 aliphatic heterocycles. The Morgan fingerprint density at radius 1 is 0.909 bits per heavy atom. The summed E-state index contributed by atoms with van der Waals surface area (Å²) < 4.78 is 15.7. The van der Waals surface area contributed by atoms with E-state index in [4.69, 9.17) is 14.2 Å². The van der Waals surface area contributed by atoms with Gasteiger partial charge in [0, 0.05) is 0 Å². The van der Waals surface area contributed by atoms with Gasteiger partial charge in [-0.2, -0.15) is 0 Å². The molecule has 1 aromatic carbocycles. The number of benzene rings is 1. The minimum Gasteiger partial charge on any atom is -0.456 e. The Morgan fingerprint density at radius 2 is 1.45 bits per heavy atom. The lowest BCUT2D eigenvalue weighted by Crippen LogP contribution is -2.27. The maximum atomic E-state index is 12.2. The summed E-state index contributed by atoms with van der Waals surface area (Å²) in [5.41, 5.74) is -0.467. The molecule has 122 valence electrons. The second kappa shape index (κ2) is 6.38. The largest absolute Gasteiger partial charge is 0.514 e. The van der Waals surface area contributed by atoms with Crippen molar-refractivity contribution in [2.75, 3.05) is 0 Å². The zero-order valence-electron chi connectivity index (χ0n) is 14.3. The molecule has 0 unspecified atom stereocenters. The van der Waals surface area contributed by atoms with E-state index < -0.39 is 23.3 Å². The molecule has 5 heteroatoms. The lowest BCUT2D eigenvalue weighted by atomic mass is 10.1. The number of aryl methyl sites for hydroxylation is 1. The van der Waals surface area contributed by atoms with E-state index >= 15 is 0 Å². The van der Waals surface area contributed by atoms with Crippen LogP contribution in [0.25, 0.3) is 0 Å². The highest BCUT2D eigenvalue weighted by molar-refractivity contribution is 5.94. The van der Waals surface area contributed by atoms with Crippen LogP contribution in [-0.2, 0) is 9.47 Å². The number of hydrogen-bond donors (Lipinski definition) is 0. The van der Waals surface area contributed by atoms with Crippen molar-refractivity contribution < 1.29 is 23.8 Å². The Balaban J connectivity index is 3.04. The summed E-state index contributed by atoms with van der Waals surface area (Å²) in [6, 6.07) is 5.00. The monoisotopic (exact) mass is 308 g/mol. The number of carbonyl (C=O) groups is 2. The molecule has 0 atom stereocenters. The zero-order chi connectivity index (χ0) is 17.1. The quantitative estimate of drug-likeness (QED) is 0.603. The summed E-state index contributed by atoms with van der Waals surface area (Å²) in [5.74, 6) is -0.388. The highest BCUT2D eigenvalue weighted by atomic mass is 16.7. The van der Waals surface area contributed by atoms with Gasteiger partial charge >= 0.3 is 12.1 Å². The second-order valence-electron chi connectivity index (χ2n) is 7.02. The third-order valence-electron chi connectivity index (χ3n) is 2.41. The summed E-state index contributed by atoms with van der Waals surface area (Å²) in [5, 5.41) is 0. The highest BCUT2D eigenvalue weighted by Crippen LogP contribution is 2.26. The molecule has 22 heavy (non-hydrogen) atoms. The van der Waals surface area contributed by atoms with Crippen molar-refractivity contribution in [3.63, 3.8) is 0 Å². The first-order chi connectivity index (χ1) is 9.89. The van der Waals surface area contributed by atoms with E-state index in [0.29, 0.717) is 5.56 Å². The van der Waals surface area contributed by atoms with Crippen LogP contribution in [0.4, 0.5) is 4.79 Å². The molecule has 0 aromatic heterocycles. The topological polar surface area (TPSA) is 61.8 Å². The molecule has 0 saturated heterocycles. The van der Waals surface area contributed by atoms with Crippen LogP contribution < -0.4 is 4.74 Å². The predicted octanol–water partition coefficient (Wildman–Crippen LogP) is 4.26. The molecule has 0 heterocycles. The van der Waals surface area contributed by atoms with Gasteiger partial charge in [0.05, 0.1) is 0 Å². The fourth-order valence-corrected chi connectivity index (χ4v) is 1.64. The molecule has 0 fully saturated rings. The van der Waals surface area contributed by atoms with E-state index in [1.54, 1.807) is 66.7 Å². The highest BCUT2D eigenvalue weighted by Gasteiger charge is 2.25. The third-order valence-corrected chi connectivity index (χ3v) is 2.41. The minimum absolute atomic E-state index is 0.158. The summed E-state index contributed by atoms with van der Waals surface area (Å²) in [6.45, 7) is 12.3. The van der Waals surface area contributed by atoms with Gasteiger partial charge in [-0.1, -0.05) is 12.1 Å². The number of carbonyl (C=O) groups excluding carboxylic acids is 2. The van der Waals surface area contributed by atoms with E-state index in [-0.39, 0.29) is 11.3 Å². The number of esters is 1. The number of hydrogen-bond acceptors (Lipinski definition) is 5. The Labute approximate surface area is 131 Å². The van der Waals surface area contributed by atoms with Crippen LogP contribution in [0.5, 0.6) is 5.75 Å². The summed E-state index contributed by atoms with van der Waals surface area (Å²) >= 11 is 0. The maximum absolute atomic E-state index is 12.2. The van der Waals surface area contributed by atoms with Gasteiger partial charge in [-0.15, -0.1) is 0 Å². The standard InChI is InChI=1S/C17H24O5/c1-11-9-8-10-12(14(18)21-16(2,3)4)13(11)20-15(19)22-17(5,6)7/h8-10H,1-7H3. The first-order valence-corrected chi connectivity index (χ1v) is 7.13. The lowest BCUT2D eigenvalue weighted by Gasteiger charge is -2.22. The summed E-state index contributed by atoms with van der Waals surface area (Å²) in [4.78, 5) is 24.1. The number of para-hydroxylation sites is 1. The van der Waals surface area contributed by atoms with E-state index in [1.165, 1.54) is 0 Å². The first kappa shape index (κ1) is 18.0. The molecule has 0 saturated carbocycles. The van der Waals surface area contributed by atoms with Gasteiger partial charge in [0.1, 0.15) is 16.8 Å².